The molecule has 2 N–H and O–H groups in total. The van der Waals surface area contributed by atoms with E-state index in [0.29, 0.717) is 11.4 Å². The van der Waals surface area contributed by atoms with Crippen LogP contribution in [0.4, 0.5) is 0 Å². The Balaban J connectivity index is 2.03. The highest BCUT2D eigenvalue weighted by atomic mass is 35.5. The molecule has 1 atom stereocenters. The summed E-state index contributed by atoms with van der Waals surface area (Å²) in [7, 11) is 0.323. The molecule has 0 spiro atoms. The van der Waals surface area contributed by atoms with Crippen molar-refractivity contribution in [3.63, 3.8) is 0 Å². The van der Waals surface area contributed by atoms with Crippen molar-refractivity contribution in [3.8, 4) is 0 Å². The van der Waals surface area contributed by atoms with E-state index < -0.39 is 36.8 Å². The Labute approximate surface area is 190 Å². The van der Waals surface area contributed by atoms with Crippen LogP contribution < -0.4 is 10.6 Å². The largest absolute Gasteiger partial charge is 0.622 e. The van der Waals surface area contributed by atoms with Gasteiger partial charge in [0.05, 0.1) is 36.2 Å². The lowest BCUT2D eigenvalue weighted by Gasteiger charge is -2.28. The maximum Gasteiger partial charge on any atom is 0.622 e. The van der Waals surface area contributed by atoms with Gasteiger partial charge in [-0.05, 0) is 37.6 Å². The van der Waals surface area contributed by atoms with E-state index in [9.17, 15) is 19.2 Å². The van der Waals surface area contributed by atoms with Gasteiger partial charge >= 0.3 is 19.1 Å². The van der Waals surface area contributed by atoms with Crippen LogP contribution in [0.3, 0.4) is 0 Å². The summed E-state index contributed by atoms with van der Waals surface area (Å²) in [5.74, 6) is -2.97. The fourth-order valence-corrected chi connectivity index (χ4v) is 3.33. The predicted molar refractivity (Wildman–Crippen MR) is 116 cm³/mol. The number of hydrogen-bond donors (Lipinski definition) is 2. The summed E-state index contributed by atoms with van der Waals surface area (Å²) in [5, 5.41) is 5.65. The fraction of sp³-hybridized carbons (Fsp3) is 0.474. The number of rotatable bonds is 7. The number of halogens is 2. The zero-order valence-electron chi connectivity index (χ0n) is 17.4. The van der Waals surface area contributed by atoms with E-state index in [0.717, 1.165) is 0 Å². The average Bonchev–Trinajstić information content (AvgIpc) is 2.65. The Morgan fingerprint density at radius 2 is 1.77 bits per heavy atom. The van der Waals surface area contributed by atoms with Gasteiger partial charge in [-0.2, -0.15) is 0 Å². The third kappa shape index (κ3) is 8.04. The van der Waals surface area contributed by atoms with Crippen molar-refractivity contribution in [2.24, 2.45) is 5.92 Å². The Hall–Kier alpha value is -2.30. The van der Waals surface area contributed by atoms with Crippen molar-refractivity contribution >= 4 is 54.1 Å². The van der Waals surface area contributed by atoms with Crippen LogP contribution in [0.15, 0.2) is 18.2 Å². The first-order chi connectivity index (χ1) is 14.5. The van der Waals surface area contributed by atoms with E-state index >= 15 is 0 Å². The summed E-state index contributed by atoms with van der Waals surface area (Å²) < 4.78 is 10.5. The Bertz CT molecular complexity index is 834. The normalized spacial score (nSPS) is 16.1. The van der Waals surface area contributed by atoms with Crippen molar-refractivity contribution < 1.29 is 28.5 Å². The van der Waals surface area contributed by atoms with Crippen molar-refractivity contribution in [3.05, 3.63) is 33.8 Å². The number of carbonyl (C=O) groups excluding carboxylic acids is 4. The third-order valence-corrected chi connectivity index (χ3v) is 4.84. The third-order valence-electron chi connectivity index (χ3n) is 4.28. The second-order valence-corrected chi connectivity index (χ2v) is 8.47. The summed E-state index contributed by atoms with van der Waals surface area (Å²) in [6.07, 6.45) is 0.376. The molecule has 2 rings (SSSR count). The van der Waals surface area contributed by atoms with E-state index in [-0.39, 0.29) is 36.1 Å². The molecular weight excluding hydrogens is 448 g/mol. The molecule has 12 heteroatoms. The maximum absolute atomic E-state index is 12.5. The zero-order chi connectivity index (χ0) is 23.1. The SMILES string of the molecule is CC(C)C[C@H](NC(=O)CNC(=O)c1cc(Cl)ccc1Cl)B1OC(=O)CN(C)CC(=O)O1. The minimum atomic E-state index is -1.27. The summed E-state index contributed by atoms with van der Waals surface area (Å²) in [5.41, 5.74) is 0.132. The number of amides is 2. The molecule has 2 amide bonds. The maximum atomic E-state index is 12.5. The van der Waals surface area contributed by atoms with E-state index in [1.807, 2.05) is 13.8 Å². The second kappa shape index (κ2) is 11.4. The molecule has 0 aromatic heterocycles. The summed E-state index contributed by atoms with van der Waals surface area (Å²) in [6.45, 7) is 3.28. The zero-order valence-corrected chi connectivity index (χ0v) is 19.0. The van der Waals surface area contributed by atoms with Gasteiger partial charge in [0, 0.05) is 5.02 Å². The number of hydrogen-bond acceptors (Lipinski definition) is 7. The smallest absolute Gasteiger partial charge is 0.497 e. The Morgan fingerprint density at radius 3 is 2.35 bits per heavy atom. The average molecular weight is 472 g/mol. The fourth-order valence-electron chi connectivity index (χ4n) is 2.95. The van der Waals surface area contributed by atoms with Gasteiger partial charge in [-0.15, -0.1) is 0 Å². The molecule has 1 aliphatic heterocycles. The number of nitrogens with one attached hydrogen (secondary N) is 2. The molecule has 1 saturated heterocycles. The van der Waals surface area contributed by atoms with Crippen LogP contribution in [-0.4, -0.2) is 68.4 Å². The highest BCUT2D eigenvalue weighted by Crippen LogP contribution is 2.20. The highest BCUT2D eigenvalue weighted by Gasteiger charge is 2.40. The van der Waals surface area contributed by atoms with Crippen LogP contribution in [0.25, 0.3) is 0 Å². The van der Waals surface area contributed by atoms with Gasteiger partial charge in [0.1, 0.15) is 0 Å². The van der Waals surface area contributed by atoms with Crippen molar-refractivity contribution in [2.45, 2.75) is 26.2 Å². The monoisotopic (exact) mass is 471 g/mol. The molecule has 0 bridgehead atoms. The van der Waals surface area contributed by atoms with Gasteiger partial charge in [0.2, 0.25) is 5.91 Å². The van der Waals surface area contributed by atoms with Crippen molar-refractivity contribution in [1.29, 1.82) is 0 Å². The molecule has 1 heterocycles. The van der Waals surface area contributed by atoms with E-state index in [1.165, 1.54) is 17.0 Å². The van der Waals surface area contributed by atoms with E-state index in [1.54, 1.807) is 13.1 Å². The van der Waals surface area contributed by atoms with Crippen LogP contribution >= 0.6 is 23.2 Å². The lowest BCUT2D eigenvalue weighted by molar-refractivity contribution is -0.146. The van der Waals surface area contributed by atoms with Gasteiger partial charge < -0.3 is 19.9 Å². The molecule has 1 fully saturated rings. The lowest BCUT2D eigenvalue weighted by atomic mass is 9.73. The predicted octanol–water partition coefficient (Wildman–Crippen LogP) is 1.31. The number of carbonyl (C=O) groups is 4. The minimum absolute atomic E-state index is 0.0790. The van der Waals surface area contributed by atoms with E-state index in [4.69, 9.17) is 32.5 Å². The summed E-state index contributed by atoms with van der Waals surface area (Å²) in [6, 6.07) is 4.41. The van der Waals surface area contributed by atoms with Crippen LogP contribution in [0, 0.1) is 5.92 Å². The molecular formula is C19H24BCl2N3O6. The van der Waals surface area contributed by atoms with Gasteiger partial charge in [0.25, 0.3) is 5.91 Å². The molecule has 1 aliphatic rings. The molecule has 9 nitrogen and oxygen atoms in total. The van der Waals surface area contributed by atoms with Crippen LogP contribution in [0.5, 0.6) is 0 Å². The van der Waals surface area contributed by atoms with Gasteiger partial charge in [-0.1, -0.05) is 37.0 Å². The second-order valence-electron chi connectivity index (χ2n) is 7.63. The standard InChI is InChI=1S/C19H24BCl2N3O6/c1-11(2)6-15(20-30-17(27)9-25(3)10-18(28)31-20)24-16(26)8-23-19(29)13-7-12(21)4-5-14(13)22/h4-5,7,11,15H,6,8-10H2,1-3H3,(H,23,29)(H,24,26)/t15-/m0/s1. The van der Waals surface area contributed by atoms with Gasteiger partial charge in [-0.25, -0.2) is 0 Å². The summed E-state index contributed by atoms with van der Waals surface area (Å²) >= 11 is 11.9. The Morgan fingerprint density at radius 1 is 1.16 bits per heavy atom. The number of benzene rings is 1. The number of likely N-dealkylation sites (N-methyl/N-ethyl adjacent to an activating group) is 1. The molecule has 0 aliphatic carbocycles. The summed E-state index contributed by atoms with van der Waals surface area (Å²) in [4.78, 5) is 50.3. The Kier molecular flexibility index (Phi) is 9.15. The molecule has 0 saturated carbocycles. The molecule has 0 radical (unpaired) electrons. The topological polar surface area (TPSA) is 114 Å². The minimum Gasteiger partial charge on any atom is -0.497 e. The molecule has 1 aromatic carbocycles. The molecule has 1 aromatic rings. The van der Waals surface area contributed by atoms with E-state index in [2.05, 4.69) is 10.6 Å². The van der Waals surface area contributed by atoms with Crippen LogP contribution in [0.2, 0.25) is 10.0 Å². The van der Waals surface area contributed by atoms with Crippen LogP contribution in [-0.2, 0) is 23.7 Å². The quantitative estimate of drug-likeness (QED) is 0.576. The molecule has 31 heavy (non-hydrogen) atoms. The highest BCUT2D eigenvalue weighted by molar-refractivity contribution is 6.51. The number of nitrogens with zero attached hydrogens (tertiary/aromatic N) is 1. The van der Waals surface area contributed by atoms with Gasteiger partial charge in [0.15, 0.2) is 0 Å². The van der Waals surface area contributed by atoms with Crippen LogP contribution in [0.1, 0.15) is 30.6 Å². The first-order valence-corrected chi connectivity index (χ1v) is 10.4. The van der Waals surface area contributed by atoms with Gasteiger partial charge in [-0.3, -0.25) is 24.1 Å². The molecule has 168 valence electrons. The molecule has 0 unspecified atom stereocenters. The van der Waals surface area contributed by atoms with Crippen molar-refractivity contribution in [2.75, 3.05) is 26.7 Å². The van der Waals surface area contributed by atoms with Crippen molar-refractivity contribution in [1.82, 2.24) is 15.5 Å². The lowest BCUT2D eigenvalue weighted by Crippen LogP contribution is -2.55. The first-order valence-electron chi connectivity index (χ1n) is 9.65. The first kappa shape index (κ1) is 25.0.